The van der Waals surface area contributed by atoms with Crippen LogP contribution in [0.2, 0.25) is 0 Å². The van der Waals surface area contributed by atoms with Gasteiger partial charge in [0.2, 0.25) is 0 Å². The number of halogens is 1. The summed E-state index contributed by atoms with van der Waals surface area (Å²) >= 11 is 0. The van der Waals surface area contributed by atoms with Gasteiger partial charge in [-0.2, -0.15) is 0 Å². The molecule has 0 fully saturated rings. The fraction of sp³-hybridized carbons (Fsp3) is 0.409. The van der Waals surface area contributed by atoms with Gasteiger partial charge in [-0.25, -0.2) is 4.39 Å². The minimum absolute atomic E-state index is 0.0795. The Balaban J connectivity index is 1.47. The molecule has 3 rings (SSSR count). The highest BCUT2D eigenvalue weighted by molar-refractivity contribution is 5.95. The zero-order chi connectivity index (χ0) is 19.2. The molecule has 2 aromatic rings. The van der Waals surface area contributed by atoms with Gasteiger partial charge in [-0.1, -0.05) is 0 Å². The van der Waals surface area contributed by atoms with E-state index in [2.05, 4.69) is 17.0 Å². The van der Waals surface area contributed by atoms with E-state index in [0.717, 1.165) is 50.4 Å². The van der Waals surface area contributed by atoms with Gasteiger partial charge in [0, 0.05) is 25.1 Å². The third-order valence-corrected chi connectivity index (χ3v) is 5.09. The highest BCUT2D eigenvalue weighted by atomic mass is 19.1. The number of unbranched alkanes of at least 4 members (excludes halogenated alkanes) is 1. The maximum atomic E-state index is 12.9. The molecule has 1 aliphatic heterocycles. The molecular weight excluding hydrogens is 345 g/mol. The van der Waals surface area contributed by atoms with Crippen LogP contribution in [0.25, 0.3) is 0 Å². The van der Waals surface area contributed by atoms with Crippen LogP contribution in [0.4, 0.5) is 4.39 Å². The molecule has 0 unspecified atom stereocenters. The standard InChI is InChI=1S/C22H26FNO3/c1-26-21-13-17-10-12-24(15-18(17)14-22(21)27-2)11-4-3-5-20(25)16-6-8-19(23)9-7-16/h6-9,13-14H,3-5,10-12,15H2,1-2H3. The first kappa shape index (κ1) is 19.4. The van der Waals surface area contributed by atoms with E-state index in [1.165, 1.54) is 23.3 Å². The van der Waals surface area contributed by atoms with Crippen LogP contribution in [0, 0.1) is 5.82 Å². The van der Waals surface area contributed by atoms with E-state index in [1.807, 2.05) is 0 Å². The van der Waals surface area contributed by atoms with E-state index in [0.29, 0.717) is 12.0 Å². The van der Waals surface area contributed by atoms with Crippen molar-refractivity contribution < 1.29 is 18.7 Å². The second-order valence-corrected chi connectivity index (χ2v) is 6.89. The van der Waals surface area contributed by atoms with Crippen molar-refractivity contribution >= 4 is 5.78 Å². The predicted molar refractivity (Wildman–Crippen MR) is 103 cm³/mol. The van der Waals surface area contributed by atoms with Gasteiger partial charge in [-0.15, -0.1) is 0 Å². The molecule has 1 heterocycles. The van der Waals surface area contributed by atoms with E-state index in [4.69, 9.17) is 9.47 Å². The molecule has 5 heteroatoms. The summed E-state index contributed by atoms with van der Waals surface area (Å²) < 4.78 is 23.7. The van der Waals surface area contributed by atoms with E-state index in [9.17, 15) is 9.18 Å². The molecule has 0 aliphatic carbocycles. The molecule has 0 aromatic heterocycles. The van der Waals surface area contributed by atoms with Gasteiger partial charge in [-0.05, 0) is 73.3 Å². The summed E-state index contributed by atoms with van der Waals surface area (Å²) in [7, 11) is 3.32. The second-order valence-electron chi connectivity index (χ2n) is 6.89. The van der Waals surface area contributed by atoms with Crippen molar-refractivity contribution in [1.82, 2.24) is 4.90 Å². The zero-order valence-corrected chi connectivity index (χ0v) is 16.0. The minimum atomic E-state index is -0.314. The van der Waals surface area contributed by atoms with Gasteiger partial charge in [0.1, 0.15) is 5.82 Å². The molecule has 0 spiro atoms. The van der Waals surface area contributed by atoms with Crippen molar-refractivity contribution in [2.75, 3.05) is 27.3 Å². The van der Waals surface area contributed by atoms with Gasteiger partial charge in [0.15, 0.2) is 17.3 Å². The van der Waals surface area contributed by atoms with Crippen LogP contribution in [0.5, 0.6) is 11.5 Å². The Labute approximate surface area is 159 Å². The SMILES string of the molecule is COc1cc2c(cc1OC)CN(CCCCC(=O)c1ccc(F)cc1)CC2. The zero-order valence-electron chi connectivity index (χ0n) is 16.0. The minimum Gasteiger partial charge on any atom is -0.493 e. The number of ether oxygens (including phenoxy) is 2. The third kappa shape index (κ3) is 4.86. The highest BCUT2D eigenvalue weighted by Gasteiger charge is 2.19. The largest absolute Gasteiger partial charge is 0.493 e. The molecular formula is C22H26FNO3. The third-order valence-electron chi connectivity index (χ3n) is 5.09. The lowest BCUT2D eigenvalue weighted by atomic mass is 9.98. The number of hydrogen-bond donors (Lipinski definition) is 0. The number of nitrogens with zero attached hydrogens (tertiary/aromatic N) is 1. The Kier molecular flexibility index (Phi) is 6.45. The van der Waals surface area contributed by atoms with Gasteiger partial charge < -0.3 is 9.47 Å². The topological polar surface area (TPSA) is 38.8 Å². The van der Waals surface area contributed by atoms with Crippen LogP contribution < -0.4 is 9.47 Å². The number of ketones is 1. The lowest BCUT2D eigenvalue weighted by Gasteiger charge is -2.29. The van der Waals surface area contributed by atoms with Crippen LogP contribution in [0.15, 0.2) is 36.4 Å². The Bertz CT molecular complexity index is 789. The molecule has 4 nitrogen and oxygen atoms in total. The molecule has 1 aliphatic rings. The maximum Gasteiger partial charge on any atom is 0.162 e. The molecule has 2 aromatic carbocycles. The van der Waals surface area contributed by atoms with Crippen molar-refractivity contribution in [2.24, 2.45) is 0 Å². The summed E-state index contributed by atoms with van der Waals surface area (Å²) in [6.45, 7) is 2.86. The Morgan fingerprint density at radius 2 is 1.70 bits per heavy atom. The normalized spacial score (nSPS) is 13.9. The quantitative estimate of drug-likeness (QED) is 0.514. The van der Waals surface area contributed by atoms with Gasteiger partial charge in [0.05, 0.1) is 14.2 Å². The molecule has 0 saturated heterocycles. The number of carbonyl (C=O) groups excluding carboxylic acids is 1. The first-order valence-corrected chi connectivity index (χ1v) is 9.35. The number of hydrogen-bond acceptors (Lipinski definition) is 4. The Hall–Kier alpha value is -2.40. The number of rotatable bonds is 8. The summed E-state index contributed by atoms with van der Waals surface area (Å²) in [4.78, 5) is 14.6. The van der Waals surface area contributed by atoms with E-state index < -0.39 is 0 Å². The van der Waals surface area contributed by atoms with Crippen molar-refractivity contribution in [3.05, 3.63) is 58.9 Å². The van der Waals surface area contributed by atoms with Gasteiger partial charge in [0.25, 0.3) is 0 Å². The van der Waals surface area contributed by atoms with Crippen molar-refractivity contribution in [3.63, 3.8) is 0 Å². The maximum absolute atomic E-state index is 12.9. The molecule has 0 bridgehead atoms. The monoisotopic (exact) mass is 371 g/mol. The lowest BCUT2D eigenvalue weighted by Crippen LogP contribution is -2.31. The van der Waals surface area contributed by atoms with Crippen molar-refractivity contribution in [2.45, 2.75) is 32.2 Å². The Morgan fingerprint density at radius 3 is 2.37 bits per heavy atom. The second kappa shape index (κ2) is 9.00. The number of carbonyl (C=O) groups is 1. The fourth-order valence-electron chi connectivity index (χ4n) is 3.53. The van der Waals surface area contributed by atoms with Crippen LogP contribution in [0.3, 0.4) is 0 Å². The molecule has 27 heavy (non-hydrogen) atoms. The summed E-state index contributed by atoms with van der Waals surface area (Å²) in [5.41, 5.74) is 3.18. The fourth-order valence-corrected chi connectivity index (χ4v) is 3.53. The van der Waals surface area contributed by atoms with Crippen LogP contribution in [0.1, 0.15) is 40.7 Å². The first-order chi connectivity index (χ1) is 13.1. The summed E-state index contributed by atoms with van der Waals surface area (Å²) in [5.74, 6) is 1.31. The summed E-state index contributed by atoms with van der Waals surface area (Å²) in [5, 5.41) is 0. The van der Waals surface area contributed by atoms with Crippen LogP contribution in [-0.4, -0.2) is 38.0 Å². The molecule has 0 radical (unpaired) electrons. The molecule has 144 valence electrons. The molecule has 0 amide bonds. The first-order valence-electron chi connectivity index (χ1n) is 9.35. The number of methoxy groups -OCH3 is 2. The Morgan fingerprint density at radius 1 is 1.04 bits per heavy atom. The smallest absolute Gasteiger partial charge is 0.162 e. The summed E-state index contributed by atoms with van der Waals surface area (Å²) in [6, 6.07) is 9.93. The highest BCUT2D eigenvalue weighted by Crippen LogP contribution is 2.33. The molecule has 0 N–H and O–H groups in total. The van der Waals surface area contributed by atoms with E-state index in [1.54, 1.807) is 26.4 Å². The van der Waals surface area contributed by atoms with Gasteiger partial charge in [-0.3, -0.25) is 9.69 Å². The van der Waals surface area contributed by atoms with E-state index in [-0.39, 0.29) is 11.6 Å². The number of Topliss-reactive ketones (excluding diaryl/α,β-unsaturated/α-hetero) is 1. The predicted octanol–water partition coefficient (Wildman–Crippen LogP) is 4.25. The number of fused-ring (bicyclic) bond motifs is 1. The van der Waals surface area contributed by atoms with Crippen molar-refractivity contribution in [3.8, 4) is 11.5 Å². The summed E-state index contributed by atoms with van der Waals surface area (Å²) in [6.07, 6.45) is 3.30. The lowest BCUT2D eigenvalue weighted by molar-refractivity contribution is 0.0977. The number of benzene rings is 2. The van der Waals surface area contributed by atoms with Crippen LogP contribution >= 0.6 is 0 Å². The van der Waals surface area contributed by atoms with Gasteiger partial charge >= 0.3 is 0 Å². The van der Waals surface area contributed by atoms with Crippen LogP contribution in [-0.2, 0) is 13.0 Å². The average Bonchev–Trinajstić information content (AvgIpc) is 2.70. The van der Waals surface area contributed by atoms with Crippen molar-refractivity contribution in [1.29, 1.82) is 0 Å². The molecule has 0 saturated carbocycles. The average molecular weight is 371 g/mol. The van der Waals surface area contributed by atoms with E-state index >= 15 is 0 Å². The molecule has 0 atom stereocenters.